The van der Waals surface area contributed by atoms with Gasteiger partial charge < -0.3 is 5.32 Å². The van der Waals surface area contributed by atoms with Crippen LogP contribution in [0.2, 0.25) is 0 Å². The van der Waals surface area contributed by atoms with Gasteiger partial charge in [0, 0.05) is 0 Å². The van der Waals surface area contributed by atoms with Gasteiger partial charge in [-0.05, 0) is 30.5 Å². The molecule has 4 heteroatoms. The van der Waals surface area contributed by atoms with Crippen LogP contribution < -0.4 is 10.0 Å². The Morgan fingerprint density at radius 3 is 2.71 bits per heavy atom. The fraction of sp³-hybridized carbons (Fsp3) is 0.300. The van der Waals surface area contributed by atoms with Gasteiger partial charge in [-0.3, -0.25) is 4.72 Å². The summed E-state index contributed by atoms with van der Waals surface area (Å²) in [6.45, 7) is 5.98. The van der Waals surface area contributed by atoms with Crippen LogP contribution in [0.1, 0.15) is 19.4 Å². The van der Waals surface area contributed by atoms with Crippen molar-refractivity contribution in [3.8, 4) is 0 Å². The average Bonchev–Trinajstić information content (AvgIpc) is 2.22. The Morgan fingerprint density at radius 2 is 2.00 bits per heavy atom. The summed E-state index contributed by atoms with van der Waals surface area (Å²) in [4.78, 5) is 12.0. The molecule has 76 valence electrons. The van der Waals surface area contributed by atoms with Crippen LogP contribution in [-0.2, 0) is 0 Å². The Morgan fingerprint density at radius 1 is 1.29 bits per heavy atom. The lowest BCUT2D eigenvalue weighted by molar-refractivity contribution is 0.257. The van der Waals surface area contributed by atoms with Crippen molar-refractivity contribution in [3.05, 3.63) is 23.8 Å². The monoisotopic (exact) mass is 210 g/mol. The largest absolute Gasteiger partial charge is 0.329 e. The maximum atomic E-state index is 10.9. The number of anilines is 1. The molecule has 2 amide bonds. The second-order valence-corrected chi connectivity index (χ2v) is 3.45. The van der Waals surface area contributed by atoms with Crippen molar-refractivity contribution in [2.75, 3.05) is 5.32 Å². The molecule has 0 saturated carbocycles. The van der Waals surface area contributed by atoms with Gasteiger partial charge in [0.25, 0.3) is 0 Å². The highest BCUT2D eigenvalue weighted by molar-refractivity contribution is 7.98. The molecule has 1 aliphatic heterocycles. The van der Waals surface area contributed by atoms with E-state index in [0.717, 1.165) is 16.1 Å². The molecule has 0 aromatic heterocycles. The number of carbonyl (C=O) groups excluding carboxylic acids is 1. The third-order valence-corrected chi connectivity index (χ3v) is 2.57. The molecule has 0 bridgehead atoms. The van der Waals surface area contributed by atoms with E-state index in [9.17, 15) is 4.79 Å². The molecule has 0 atom stereocenters. The minimum absolute atomic E-state index is 0.151. The summed E-state index contributed by atoms with van der Waals surface area (Å²) >= 11 is 1.35. The normalized spacial score (nSPS) is 12.9. The Kier molecular flexibility index (Phi) is 3.83. The topological polar surface area (TPSA) is 41.1 Å². The number of hydrogen-bond donors (Lipinski definition) is 2. The fourth-order valence-corrected chi connectivity index (χ4v) is 1.84. The summed E-state index contributed by atoms with van der Waals surface area (Å²) in [5.74, 6) is 0. The van der Waals surface area contributed by atoms with Crippen molar-refractivity contribution >= 4 is 23.7 Å². The van der Waals surface area contributed by atoms with Gasteiger partial charge in [-0.1, -0.05) is 26.0 Å². The fourth-order valence-electron chi connectivity index (χ4n) is 1.13. The SMILES string of the molecule is CC.Cc1cccc2c1NC(=O)NS2. The van der Waals surface area contributed by atoms with E-state index in [1.807, 2.05) is 39.0 Å². The smallest absolute Gasteiger partial charge is 0.306 e. The highest BCUT2D eigenvalue weighted by atomic mass is 32.2. The molecule has 14 heavy (non-hydrogen) atoms. The predicted octanol–water partition coefficient (Wildman–Crippen LogP) is 3.16. The lowest BCUT2D eigenvalue weighted by Gasteiger charge is -2.18. The molecule has 1 aromatic carbocycles. The molecule has 0 fully saturated rings. The molecule has 2 N–H and O–H groups in total. The van der Waals surface area contributed by atoms with Crippen molar-refractivity contribution in [2.24, 2.45) is 0 Å². The molecular formula is C10H14N2OS. The summed E-state index contributed by atoms with van der Waals surface area (Å²) < 4.78 is 2.63. The van der Waals surface area contributed by atoms with E-state index in [1.54, 1.807) is 0 Å². The van der Waals surface area contributed by atoms with Crippen LogP contribution >= 0.6 is 11.9 Å². The molecule has 0 aliphatic carbocycles. The number of carbonyl (C=O) groups is 1. The van der Waals surface area contributed by atoms with Gasteiger partial charge in [-0.25, -0.2) is 4.79 Å². The quantitative estimate of drug-likeness (QED) is 0.646. The zero-order valence-electron chi connectivity index (χ0n) is 8.55. The molecule has 0 unspecified atom stereocenters. The van der Waals surface area contributed by atoms with Crippen LogP contribution in [0.4, 0.5) is 10.5 Å². The van der Waals surface area contributed by atoms with Gasteiger partial charge in [-0.15, -0.1) is 0 Å². The number of nitrogens with one attached hydrogen (secondary N) is 2. The van der Waals surface area contributed by atoms with Gasteiger partial charge in [0.05, 0.1) is 10.6 Å². The summed E-state index contributed by atoms with van der Waals surface area (Å²) in [5.41, 5.74) is 2.01. The maximum Gasteiger partial charge on any atom is 0.329 e. The van der Waals surface area contributed by atoms with Crippen molar-refractivity contribution in [1.29, 1.82) is 0 Å². The molecule has 0 saturated heterocycles. The number of aryl methyl sites for hydroxylation is 1. The number of amides is 2. The number of hydrogen-bond acceptors (Lipinski definition) is 2. The highest BCUT2D eigenvalue weighted by Crippen LogP contribution is 2.30. The lowest BCUT2D eigenvalue weighted by atomic mass is 10.2. The van der Waals surface area contributed by atoms with Crippen LogP contribution in [0, 0.1) is 6.92 Å². The van der Waals surface area contributed by atoms with Crippen LogP contribution in [-0.4, -0.2) is 6.03 Å². The molecule has 1 aliphatic rings. The zero-order chi connectivity index (χ0) is 10.6. The molecule has 0 radical (unpaired) electrons. The first-order chi connectivity index (χ1) is 6.77. The first-order valence-corrected chi connectivity index (χ1v) is 5.42. The summed E-state index contributed by atoms with van der Waals surface area (Å²) in [6.07, 6.45) is 0. The summed E-state index contributed by atoms with van der Waals surface area (Å²) in [5, 5.41) is 2.76. The van der Waals surface area contributed by atoms with E-state index in [-0.39, 0.29) is 6.03 Å². The third kappa shape index (κ3) is 2.20. The Balaban J connectivity index is 0.000000461. The molecular weight excluding hydrogens is 196 g/mol. The minimum atomic E-state index is -0.151. The summed E-state index contributed by atoms with van der Waals surface area (Å²) in [6, 6.07) is 5.77. The Hall–Kier alpha value is -1.16. The van der Waals surface area contributed by atoms with Gasteiger partial charge in [0.15, 0.2) is 0 Å². The molecule has 2 rings (SSSR count). The van der Waals surface area contributed by atoms with Crippen LogP contribution in [0.5, 0.6) is 0 Å². The van der Waals surface area contributed by atoms with E-state index in [0.29, 0.717) is 0 Å². The van der Waals surface area contributed by atoms with Crippen LogP contribution in [0.3, 0.4) is 0 Å². The maximum absolute atomic E-state index is 10.9. The van der Waals surface area contributed by atoms with Gasteiger partial charge >= 0.3 is 6.03 Å². The number of urea groups is 1. The standard InChI is InChI=1S/C8H8N2OS.C2H6/c1-5-3-2-4-6-7(5)9-8(11)10-12-6;1-2/h2-4H,1H3,(H2,9,10,11);1-2H3. The van der Waals surface area contributed by atoms with Crippen LogP contribution in [0.15, 0.2) is 23.1 Å². The van der Waals surface area contributed by atoms with E-state index >= 15 is 0 Å². The second-order valence-electron chi connectivity index (χ2n) is 2.61. The highest BCUT2D eigenvalue weighted by Gasteiger charge is 2.15. The average molecular weight is 210 g/mol. The first kappa shape index (κ1) is 10.9. The van der Waals surface area contributed by atoms with Crippen molar-refractivity contribution < 1.29 is 4.79 Å². The second kappa shape index (κ2) is 4.91. The van der Waals surface area contributed by atoms with Gasteiger partial charge in [0.2, 0.25) is 0 Å². The van der Waals surface area contributed by atoms with E-state index < -0.39 is 0 Å². The van der Waals surface area contributed by atoms with Gasteiger partial charge in [0.1, 0.15) is 0 Å². The van der Waals surface area contributed by atoms with E-state index in [1.165, 1.54) is 11.9 Å². The minimum Gasteiger partial charge on any atom is -0.306 e. The Labute approximate surface area is 88.4 Å². The first-order valence-electron chi connectivity index (χ1n) is 4.61. The lowest BCUT2D eigenvalue weighted by Crippen LogP contribution is -2.27. The number of fused-ring (bicyclic) bond motifs is 1. The number of para-hydroxylation sites is 1. The predicted molar refractivity (Wildman–Crippen MR) is 60.5 cm³/mol. The Bertz CT molecular complexity index is 339. The summed E-state index contributed by atoms with van der Waals surface area (Å²) in [7, 11) is 0. The third-order valence-electron chi connectivity index (χ3n) is 1.73. The molecule has 3 nitrogen and oxygen atoms in total. The molecule has 1 heterocycles. The van der Waals surface area contributed by atoms with E-state index in [4.69, 9.17) is 0 Å². The van der Waals surface area contributed by atoms with E-state index in [2.05, 4.69) is 10.0 Å². The van der Waals surface area contributed by atoms with Crippen molar-refractivity contribution in [2.45, 2.75) is 25.7 Å². The van der Waals surface area contributed by atoms with Gasteiger partial charge in [-0.2, -0.15) is 0 Å². The van der Waals surface area contributed by atoms with Crippen LogP contribution in [0.25, 0.3) is 0 Å². The number of rotatable bonds is 0. The molecule has 1 aromatic rings. The van der Waals surface area contributed by atoms with Crippen molar-refractivity contribution in [1.82, 2.24) is 4.72 Å². The van der Waals surface area contributed by atoms with Crippen molar-refractivity contribution in [3.63, 3.8) is 0 Å². The molecule has 0 spiro atoms. The number of benzene rings is 1. The zero-order valence-corrected chi connectivity index (χ0v) is 9.37.